The normalized spacial score (nSPS) is 28.1. The Hall–Kier alpha value is -1.03. The highest BCUT2D eigenvalue weighted by Crippen LogP contribution is 2.16. The van der Waals surface area contributed by atoms with E-state index < -0.39 is 0 Å². The van der Waals surface area contributed by atoms with Crippen molar-refractivity contribution in [2.75, 3.05) is 18.0 Å². The van der Waals surface area contributed by atoms with Gasteiger partial charge in [-0.1, -0.05) is 0 Å². The zero-order valence-corrected chi connectivity index (χ0v) is 9.07. The molecular weight excluding hydrogens is 176 g/mol. The summed E-state index contributed by atoms with van der Waals surface area (Å²) in [7, 11) is 2.04. The maximum Gasteiger partial charge on any atom is 0.205 e. The molecule has 0 bridgehead atoms. The van der Waals surface area contributed by atoms with Crippen LogP contribution >= 0.6 is 0 Å². The van der Waals surface area contributed by atoms with Gasteiger partial charge >= 0.3 is 0 Å². The first kappa shape index (κ1) is 9.52. The first-order valence-corrected chi connectivity index (χ1v) is 5.16. The fraction of sp³-hybridized carbons (Fsp3) is 0.700. The number of aromatic nitrogens is 2. The highest BCUT2D eigenvalue weighted by Gasteiger charge is 2.24. The van der Waals surface area contributed by atoms with Crippen molar-refractivity contribution >= 4 is 5.95 Å². The molecule has 1 aromatic rings. The lowest BCUT2D eigenvalue weighted by atomic mass is 10.1. The minimum atomic E-state index is 0.521. The largest absolute Gasteiger partial charge is 0.337 e. The standard InChI is InChI=1S/C10H18N4/c1-8-7-14(9(2)6-12-8)10-11-4-5-13(10)3/h4-5,8-9,12H,6-7H2,1-3H3. The summed E-state index contributed by atoms with van der Waals surface area (Å²) in [6.45, 7) is 6.51. The van der Waals surface area contributed by atoms with Crippen LogP contribution in [0, 0.1) is 0 Å². The van der Waals surface area contributed by atoms with E-state index in [4.69, 9.17) is 0 Å². The molecule has 0 amide bonds. The molecule has 14 heavy (non-hydrogen) atoms. The van der Waals surface area contributed by atoms with E-state index >= 15 is 0 Å². The van der Waals surface area contributed by atoms with Crippen LogP contribution in [0.15, 0.2) is 12.4 Å². The molecule has 4 nitrogen and oxygen atoms in total. The Morgan fingerprint density at radius 1 is 1.50 bits per heavy atom. The molecule has 0 radical (unpaired) electrons. The van der Waals surface area contributed by atoms with Crippen LogP contribution in [0.1, 0.15) is 13.8 Å². The van der Waals surface area contributed by atoms with Crippen molar-refractivity contribution in [1.29, 1.82) is 0 Å². The van der Waals surface area contributed by atoms with E-state index in [1.807, 2.05) is 19.4 Å². The van der Waals surface area contributed by atoms with Gasteiger partial charge in [0, 0.05) is 44.6 Å². The van der Waals surface area contributed by atoms with Crippen molar-refractivity contribution in [3.63, 3.8) is 0 Å². The average molecular weight is 194 g/mol. The molecule has 1 saturated heterocycles. The van der Waals surface area contributed by atoms with Crippen molar-refractivity contribution in [2.45, 2.75) is 25.9 Å². The third kappa shape index (κ3) is 1.62. The van der Waals surface area contributed by atoms with Crippen LogP contribution in [0.4, 0.5) is 5.95 Å². The molecule has 2 unspecified atom stereocenters. The number of nitrogens with zero attached hydrogens (tertiary/aromatic N) is 3. The fourth-order valence-corrected chi connectivity index (χ4v) is 1.93. The number of anilines is 1. The molecule has 0 saturated carbocycles. The van der Waals surface area contributed by atoms with Gasteiger partial charge in [-0.15, -0.1) is 0 Å². The Balaban J connectivity index is 2.20. The molecule has 78 valence electrons. The van der Waals surface area contributed by atoms with E-state index in [2.05, 4.69) is 33.6 Å². The van der Waals surface area contributed by atoms with Gasteiger partial charge in [-0.25, -0.2) is 4.98 Å². The van der Waals surface area contributed by atoms with E-state index in [-0.39, 0.29) is 0 Å². The summed E-state index contributed by atoms with van der Waals surface area (Å²) >= 11 is 0. The van der Waals surface area contributed by atoms with Crippen LogP contribution in [0.3, 0.4) is 0 Å². The molecule has 1 aromatic heterocycles. The first-order valence-electron chi connectivity index (χ1n) is 5.16. The summed E-state index contributed by atoms with van der Waals surface area (Å²) < 4.78 is 2.08. The second kappa shape index (κ2) is 3.61. The van der Waals surface area contributed by atoms with Gasteiger partial charge in [0.1, 0.15) is 0 Å². The van der Waals surface area contributed by atoms with E-state index in [1.165, 1.54) is 0 Å². The lowest BCUT2D eigenvalue weighted by Gasteiger charge is -2.38. The zero-order valence-electron chi connectivity index (χ0n) is 9.07. The quantitative estimate of drug-likeness (QED) is 0.711. The van der Waals surface area contributed by atoms with Crippen molar-refractivity contribution in [3.8, 4) is 0 Å². The smallest absolute Gasteiger partial charge is 0.205 e. The summed E-state index contributed by atoms with van der Waals surface area (Å²) in [6.07, 6.45) is 3.85. The second-order valence-electron chi connectivity index (χ2n) is 4.15. The maximum atomic E-state index is 4.39. The average Bonchev–Trinajstić information content (AvgIpc) is 2.56. The Morgan fingerprint density at radius 2 is 2.29 bits per heavy atom. The van der Waals surface area contributed by atoms with Crippen LogP contribution in [0.5, 0.6) is 0 Å². The van der Waals surface area contributed by atoms with Crippen molar-refractivity contribution in [1.82, 2.24) is 14.9 Å². The summed E-state index contributed by atoms with van der Waals surface area (Å²) in [5, 5.41) is 3.46. The molecule has 0 spiro atoms. The van der Waals surface area contributed by atoms with E-state index in [1.54, 1.807) is 0 Å². The predicted molar refractivity (Wildman–Crippen MR) is 57.5 cm³/mol. The van der Waals surface area contributed by atoms with Gasteiger partial charge < -0.3 is 14.8 Å². The van der Waals surface area contributed by atoms with Gasteiger partial charge in [-0.05, 0) is 13.8 Å². The van der Waals surface area contributed by atoms with Gasteiger partial charge in [-0.2, -0.15) is 0 Å². The summed E-state index contributed by atoms with van der Waals surface area (Å²) in [5.41, 5.74) is 0. The number of rotatable bonds is 1. The molecule has 1 aliphatic rings. The molecule has 1 aliphatic heterocycles. The number of imidazole rings is 1. The van der Waals surface area contributed by atoms with Crippen molar-refractivity contribution < 1.29 is 0 Å². The molecule has 2 atom stereocenters. The molecular formula is C10H18N4. The van der Waals surface area contributed by atoms with Crippen LogP contribution in [-0.2, 0) is 7.05 Å². The third-order valence-electron chi connectivity index (χ3n) is 2.82. The molecule has 1 N–H and O–H groups in total. The molecule has 1 fully saturated rings. The van der Waals surface area contributed by atoms with E-state index in [0.29, 0.717) is 12.1 Å². The van der Waals surface area contributed by atoms with Crippen LogP contribution in [0.25, 0.3) is 0 Å². The van der Waals surface area contributed by atoms with Gasteiger partial charge in [0.2, 0.25) is 5.95 Å². The van der Waals surface area contributed by atoms with Crippen LogP contribution in [-0.4, -0.2) is 34.7 Å². The fourth-order valence-electron chi connectivity index (χ4n) is 1.93. The van der Waals surface area contributed by atoms with Gasteiger partial charge in [-0.3, -0.25) is 0 Å². The highest BCUT2D eigenvalue weighted by atomic mass is 15.3. The Labute approximate surface area is 84.9 Å². The molecule has 4 heteroatoms. The topological polar surface area (TPSA) is 33.1 Å². The second-order valence-corrected chi connectivity index (χ2v) is 4.15. The maximum absolute atomic E-state index is 4.39. The van der Waals surface area contributed by atoms with Gasteiger partial charge in [0.05, 0.1) is 0 Å². The Bertz CT molecular complexity index is 307. The van der Waals surface area contributed by atoms with Crippen molar-refractivity contribution in [3.05, 3.63) is 12.4 Å². The molecule has 0 aromatic carbocycles. The van der Waals surface area contributed by atoms with Crippen LogP contribution in [0.2, 0.25) is 0 Å². The third-order valence-corrected chi connectivity index (χ3v) is 2.82. The molecule has 2 heterocycles. The lowest BCUT2D eigenvalue weighted by Crippen LogP contribution is -2.55. The Morgan fingerprint density at radius 3 is 2.93 bits per heavy atom. The summed E-state index contributed by atoms with van der Waals surface area (Å²) in [4.78, 5) is 6.75. The van der Waals surface area contributed by atoms with E-state index in [0.717, 1.165) is 19.0 Å². The number of nitrogens with one attached hydrogen (secondary N) is 1. The van der Waals surface area contributed by atoms with Gasteiger partial charge in [0.25, 0.3) is 0 Å². The minimum Gasteiger partial charge on any atom is -0.337 e. The highest BCUT2D eigenvalue weighted by molar-refractivity contribution is 5.34. The van der Waals surface area contributed by atoms with Crippen LogP contribution < -0.4 is 10.2 Å². The Kier molecular flexibility index (Phi) is 2.46. The van der Waals surface area contributed by atoms with Crippen molar-refractivity contribution in [2.24, 2.45) is 7.05 Å². The number of piperazine rings is 1. The number of aryl methyl sites for hydroxylation is 1. The number of hydrogen-bond acceptors (Lipinski definition) is 3. The molecule has 2 rings (SSSR count). The molecule has 0 aliphatic carbocycles. The SMILES string of the molecule is CC1CN(c2nccn2C)C(C)CN1. The zero-order chi connectivity index (χ0) is 10.1. The predicted octanol–water partition coefficient (Wildman–Crippen LogP) is 0.607. The lowest BCUT2D eigenvalue weighted by molar-refractivity contribution is 0.417. The van der Waals surface area contributed by atoms with Gasteiger partial charge in [0.15, 0.2) is 0 Å². The minimum absolute atomic E-state index is 0.521. The first-order chi connectivity index (χ1) is 6.68. The summed E-state index contributed by atoms with van der Waals surface area (Å²) in [6, 6.07) is 1.06. The monoisotopic (exact) mass is 194 g/mol. The number of hydrogen-bond donors (Lipinski definition) is 1. The van der Waals surface area contributed by atoms with E-state index in [9.17, 15) is 0 Å². The summed E-state index contributed by atoms with van der Waals surface area (Å²) in [5.74, 6) is 1.07.